The van der Waals surface area contributed by atoms with Crippen LogP contribution in [0.3, 0.4) is 0 Å². The van der Waals surface area contributed by atoms with Crippen molar-refractivity contribution < 1.29 is 57.2 Å². The van der Waals surface area contributed by atoms with Gasteiger partial charge in [0.1, 0.15) is 12.8 Å². The summed E-state index contributed by atoms with van der Waals surface area (Å²) in [6, 6.07) is 0. The van der Waals surface area contributed by atoms with E-state index in [9.17, 15) is 28.8 Å². The highest BCUT2D eigenvalue weighted by molar-refractivity contribution is 5.92. The van der Waals surface area contributed by atoms with E-state index in [0.717, 1.165) is 51.4 Å². The van der Waals surface area contributed by atoms with Crippen LogP contribution in [0.2, 0.25) is 0 Å². The highest BCUT2D eigenvalue weighted by Crippen LogP contribution is 2.63. The summed E-state index contributed by atoms with van der Waals surface area (Å²) in [4.78, 5) is 72.1. The van der Waals surface area contributed by atoms with Gasteiger partial charge in [0.2, 0.25) is 6.79 Å². The zero-order valence-electron chi connectivity index (χ0n) is 28.9. The summed E-state index contributed by atoms with van der Waals surface area (Å²) in [6.45, 7) is 9.34. The molecular weight excluding hydrogens is 648 g/mol. The van der Waals surface area contributed by atoms with Crippen LogP contribution in [0.1, 0.15) is 71.1 Å². The van der Waals surface area contributed by atoms with Gasteiger partial charge in [-0.1, -0.05) is 13.2 Å². The first-order valence-electron chi connectivity index (χ1n) is 18.2. The molecule has 0 saturated heterocycles. The molecule has 0 aliphatic heterocycles. The van der Waals surface area contributed by atoms with E-state index in [2.05, 4.69) is 13.2 Å². The van der Waals surface area contributed by atoms with Gasteiger partial charge in [-0.05, 0) is 129 Å². The Balaban J connectivity index is 0.808. The van der Waals surface area contributed by atoms with Crippen molar-refractivity contribution in [3.8, 4) is 0 Å². The molecule has 0 amide bonds. The van der Waals surface area contributed by atoms with Crippen molar-refractivity contribution in [3.63, 3.8) is 0 Å². The van der Waals surface area contributed by atoms with E-state index in [4.69, 9.17) is 28.4 Å². The maximum atomic E-state index is 12.3. The lowest BCUT2D eigenvalue weighted by molar-refractivity contribution is -0.171. The van der Waals surface area contributed by atoms with Crippen LogP contribution in [0, 0.1) is 71.0 Å². The summed E-state index contributed by atoms with van der Waals surface area (Å²) in [7, 11) is 0. The molecule has 0 heterocycles. The third-order valence-corrected chi connectivity index (χ3v) is 12.8. The van der Waals surface area contributed by atoms with Gasteiger partial charge in [0.25, 0.3) is 0 Å². The number of fused-ring (bicyclic) bond motifs is 10. The summed E-state index contributed by atoms with van der Waals surface area (Å²) in [5.41, 5.74) is 0.402. The number of carbonyl (C=O) groups excluding carboxylic acids is 6. The molecule has 0 aromatic carbocycles. The van der Waals surface area contributed by atoms with Crippen molar-refractivity contribution in [2.45, 2.75) is 71.1 Å². The Morgan fingerprint density at radius 2 is 0.980 bits per heavy atom. The molecule has 6 rings (SSSR count). The monoisotopic (exact) mass is 698 g/mol. The minimum Gasteiger partial charge on any atom is -0.465 e. The lowest BCUT2D eigenvalue weighted by Crippen LogP contribution is -2.29. The fourth-order valence-corrected chi connectivity index (χ4v) is 10.9. The molecule has 12 nitrogen and oxygen atoms in total. The lowest BCUT2D eigenvalue weighted by atomic mass is 9.76. The third-order valence-electron chi connectivity index (χ3n) is 12.8. The molecule has 274 valence electrons. The molecule has 8 unspecified atom stereocenters. The Morgan fingerprint density at radius 1 is 0.540 bits per heavy atom. The van der Waals surface area contributed by atoms with Crippen LogP contribution in [0.5, 0.6) is 0 Å². The van der Waals surface area contributed by atoms with Crippen molar-refractivity contribution in [3.05, 3.63) is 24.8 Å². The summed E-state index contributed by atoms with van der Waals surface area (Å²) in [5.74, 6) is 1.71. The number of hydrogen-bond donors (Lipinski definition) is 0. The Hall–Kier alpha value is -3.70. The van der Waals surface area contributed by atoms with E-state index in [1.807, 2.05) is 0 Å². The van der Waals surface area contributed by atoms with Crippen LogP contribution in [0.25, 0.3) is 0 Å². The molecule has 50 heavy (non-hydrogen) atoms. The highest BCUT2D eigenvalue weighted by Gasteiger charge is 2.57. The zero-order chi connectivity index (χ0) is 35.5. The third kappa shape index (κ3) is 8.26. The number of carbonyl (C=O) groups is 6. The van der Waals surface area contributed by atoms with E-state index in [-0.39, 0.29) is 31.0 Å². The van der Waals surface area contributed by atoms with Gasteiger partial charge in [-0.3, -0.25) is 19.2 Å². The van der Waals surface area contributed by atoms with Gasteiger partial charge in [-0.15, -0.1) is 0 Å². The van der Waals surface area contributed by atoms with Gasteiger partial charge in [-0.25, -0.2) is 9.59 Å². The van der Waals surface area contributed by atoms with E-state index in [1.54, 1.807) is 6.92 Å². The minimum atomic E-state index is -0.885. The van der Waals surface area contributed by atoms with Crippen molar-refractivity contribution >= 4 is 35.8 Å². The molecular formula is C38H50O12. The van der Waals surface area contributed by atoms with Gasteiger partial charge < -0.3 is 28.4 Å². The van der Waals surface area contributed by atoms with Gasteiger partial charge in [0.05, 0.1) is 26.4 Å². The molecule has 0 aromatic heterocycles. The predicted octanol–water partition coefficient (Wildman–Crippen LogP) is 4.34. The van der Waals surface area contributed by atoms with Crippen molar-refractivity contribution in [2.75, 3.05) is 33.2 Å². The molecule has 0 N–H and O–H groups in total. The predicted molar refractivity (Wildman–Crippen MR) is 174 cm³/mol. The van der Waals surface area contributed by atoms with Gasteiger partial charge in [0, 0.05) is 11.6 Å². The maximum Gasteiger partial charge on any atom is 0.333 e. The first-order chi connectivity index (χ1) is 24.0. The first-order valence-corrected chi connectivity index (χ1v) is 18.2. The van der Waals surface area contributed by atoms with Crippen LogP contribution in [-0.4, -0.2) is 69.0 Å². The Bertz CT molecular complexity index is 1370. The lowest BCUT2D eigenvalue weighted by Gasteiger charge is -2.31. The smallest absolute Gasteiger partial charge is 0.333 e. The fourth-order valence-electron chi connectivity index (χ4n) is 10.9. The largest absolute Gasteiger partial charge is 0.465 e. The molecule has 0 radical (unpaired) electrons. The summed E-state index contributed by atoms with van der Waals surface area (Å²) < 4.78 is 31.2. The molecule has 6 saturated carbocycles. The number of esters is 6. The Morgan fingerprint density at radius 3 is 1.44 bits per heavy atom. The van der Waals surface area contributed by atoms with E-state index < -0.39 is 49.5 Å². The summed E-state index contributed by atoms with van der Waals surface area (Å²) in [6.07, 6.45) is 8.32. The summed E-state index contributed by atoms with van der Waals surface area (Å²) >= 11 is 0. The van der Waals surface area contributed by atoms with Crippen LogP contribution in [0.15, 0.2) is 24.8 Å². The second-order valence-corrected chi connectivity index (χ2v) is 15.7. The maximum absolute atomic E-state index is 12.3. The minimum absolute atomic E-state index is 0.245. The number of ether oxygens (including phenoxy) is 6. The van der Waals surface area contributed by atoms with E-state index in [1.165, 1.54) is 6.08 Å². The normalized spacial score (nSPS) is 35.5. The molecule has 6 aliphatic rings. The van der Waals surface area contributed by atoms with Gasteiger partial charge >= 0.3 is 35.8 Å². The Kier molecular flexibility index (Phi) is 11.3. The van der Waals surface area contributed by atoms with Gasteiger partial charge in [-0.2, -0.15) is 0 Å². The van der Waals surface area contributed by atoms with Crippen molar-refractivity contribution in [2.24, 2.45) is 71.0 Å². The molecule has 12 heteroatoms. The van der Waals surface area contributed by atoms with Crippen molar-refractivity contribution in [1.82, 2.24) is 0 Å². The van der Waals surface area contributed by atoms with Gasteiger partial charge in [0.15, 0.2) is 0 Å². The summed E-state index contributed by atoms with van der Waals surface area (Å²) in [5, 5.41) is 0. The quantitative estimate of drug-likeness (QED) is 0.0740. The fraction of sp³-hybridized carbons (Fsp3) is 0.737. The molecule has 0 aromatic rings. The molecule has 0 spiro atoms. The number of hydrogen-bond acceptors (Lipinski definition) is 12. The molecule has 12 atom stereocenters. The van der Waals surface area contributed by atoms with E-state index in [0.29, 0.717) is 78.0 Å². The highest BCUT2D eigenvalue weighted by atomic mass is 16.7. The van der Waals surface area contributed by atoms with Crippen LogP contribution in [-0.2, 0) is 57.2 Å². The second-order valence-electron chi connectivity index (χ2n) is 15.7. The molecule has 6 fully saturated rings. The van der Waals surface area contributed by atoms with Crippen LogP contribution < -0.4 is 0 Å². The first kappa shape index (κ1) is 36.1. The van der Waals surface area contributed by atoms with Crippen LogP contribution in [0.4, 0.5) is 0 Å². The molecule has 4 bridgehead atoms. The topological polar surface area (TPSA) is 158 Å². The Labute approximate surface area is 292 Å². The SMILES string of the molecule is C=CC(=O)OCC1C[C@@H]2C3CC(CC3COC(=O)CC(=O)OCOC(=O)CC(=O)OCC3CC4CC3[C@@H]3CC(COC(=O)C(=C)C)C[C@H]43)[C@@H]2C1. The average molecular weight is 699 g/mol. The standard InChI is InChI=1S/C38H50O12/c1-4-33(39)45-15-21-5-27-23-9-25(29(11-23)31(27)7-21)17-46-34(40)13-36(42)49-19-50-37(43)14-35(41)47-18-26-10-24-12-30(26)32-8-22(6-28(24)32)16-48-38(44)20(2)3/h4,21-32H,1-2,5-19H2,3H3/t21?,22?,23?,24?,25?,26?,27-,28+,29?,30?,31-,32+/m0/s1. The van der Waals surface area contributed by atoms with Crippen LogP contribution >= 0.6 is 0 Å². The molecule has 6 aliphatic carbocycles. The average Bonchev–Trinajstić information content (AvgIpc) is 3.92. The van der Waals surface area contributed by atoms with E-state index >= 15 is 0 Å². The number of rotatable bonds is 16. The zero-order valence-corrected chi connectivity index (χ0v) is 28.9. The van der Waals surface area contributed by atoms with Crippen molar-refractivity contribution in [1.29, 1.82) is 0 Å². The second kappa shape index (κ2) is 15.7.